The average molecular weight is 693 g/mol. The lowest BCUT2D eigenvalue weighted by atomic mass is 9.90. The van der Waals surface area contributed by atoms with E-state index in [2.05, 4.69) is 176 Å². The Kier molecular flexibility index (Phi) is 7.71. The smallest absolute Gasteiger partial charge is 0.160 e. The van der Waals surface area contributed by atoms with Gasteiger partial charge in [0.05, 0.1) is 11.4 Å². The Labute approximate surface area is 312 Å². The van der Waals surface area contributed by atoms with Gasteiger partial charge in [-0.2, -0.15) is 0 Å². The highest BCUT2D eigenvalue weighted by molar-refractivity contribution is 7.26. The molecule has 0 atom stereocenters. The van der Waals surface area contributed by atoms with E-state index >= 15 is 0 Å². The monoisotopic (exact) mass is 692 g/mol. The fourth-order valence-corrected chi connectivity index (χ4v) is 8.81. The van der Waals surface area contributed by atoms with E-state index in [1.165, 1.54) is 36.5 Å². The average Bonchev–Trinajstić information content (AvgIpc) is 3.64. The molecule has 0 N–H and O–H groups in total. The van der Waals surface area contributed by atoms with Crippen LogP contribution in [0, 0.1) is 0 Å². The SMILES string of the molecule is c1ccc(-c2cc(-c3cc(-c4ccccc4-c4ccccc4)nc(-c4ccccc4)n3)cc(-c3cc4ccccc4c4sc5ccccc5c34)c2)cc1. The minimum absolute atomic E-state index is 0.699. The lowest BCUT2D eigenvalue weighted by Gasteiger charge is -2.15. The molecule has 3 heteroatoms. The van der Waals surface area contributed by atoms with Crippen LogP contribution in [0.4, 0.5) is 0 Å². The fraction of sp³-hybridized carbons (Fsp3) is 0. The lowest BCUT2D eigenvalue weighted by molar-refractivity contribution is 1.18. The molecule has 2 heterocycles. The molecule has 0 aliphatic heterocycles. The van der Waals surface area contributed by atoms with Gasteiger partial charge in [-0.1, -0.05) is 158 Å². The second-order valence-corrected chi connectivity index (χ2v) is 14.4. The van der Waals surface area contributed by atoms with Gasteiger partial charge in [0.2, 0.25) is 0 Å². The summed E-state index contributed by atoms with van der Waals surface area (Å²) in [5.41, 5.74) is 11.8. The largest absolute Gasteiger partial charge is 0.228 e. The topological polar surface area (TPSA) is 25.8 Å². The van der Waals surface area contributed by atoms with Crippen LogP contribution in [0.3, 0.4) is 0 Å². The van der Waals surface area contributed by atoms with E-state index < -0.39 is 0 Å². The summed E-state index contributed by atoms with van der Waals surface area (Å²) < 4.78 is 2.61. The first-order valence-corrected chi connectivity index (χ1v) is 18.7. The maximum Gasteiger partial charge on any atom is 0.160 e. The first-order valence-electron chi connectivity index (χ1n) is 17.9. The molecule has 0 unspecified atom stereocenters. The van der Waals surface area contributed by atoms with Crippen molar-refractivity contribution in [3.05, 3.63) is 194 Å². The van der Waals surface area contributed by atoms with Crippen LogP contribution in [0.15, 0.2) is 194 Å². The van der Waals surface area contributed by atoms with Gasteiger partial charge in [0.1, 0.15) is 0 Å². The van der Waals surface area contributed by atoms with Gasteiger partial charge >= 0.3 is 0 Å². The van der Waals surface area contributed by atoms with Gasteiger partial charge in [-0.3, -0.25) is 0 Å². The molecule has 248 valence electrons. The van der Waals surface area contributed by atoms with E-state index in [0.717, 1.165) is 55.9 Å². The van der Waals surface area contributed by atoms with Crippen molar-refractivity contribution < 1.29 is 0 Å². The van der Waals surface area contributed by atoms with Crippen LogP contribution >= 0.6 is 11.3 Å². The minimum atomic E-state index is 0.699. The summed E-state index contributed by atoms with van der Waals surface area (Å²) in [6, 6.07) is 69.1. The molecule has 10 aromatic rings. The summed E-state index contributed by atoms with van der Waals surface area (Å²) in [6.45, 7) is 0. The van der Waals surface area contributed by atoms with Gasteiger partial charge < -0.3 is 0 Å². The molecule has 2 aromatic heterocycles. The minimum Gasteiger partial charge on any atom is -0.228 e. The third-order valence-corrected chi connectivity index (χ3v) is 11.3. The summed E-state index contributed by atoms with van der Waals surface area (Å²) >= 11 is 1.88. The molecular weight excluding hydrogens is 661 g/mol. The molecule has 8 aromatic carbocycles. The summed E-state index contributed by atoms with van der Waals surface area (Å²) in [5, 5.41) is 5.11. The van der Waals surface area contributed by atoms with Gasteiger partial charge in [-0.05, 0) is 80.6 Å². The Morgan fingerprint density at radius 3 is 1.68 bits per heavy atom. The predicted molar refractivity (Wildman–Crippen MR) is 225 cm³/mol. The second kappa shape index (κ2) is 13.1. The zero-order chi connectivity index (χ0) is 35.1. The fourth-order valence-electron chi connectivity index (χ4n) is 7.54. The summed E-state index contributed by atoms with van der Waals surface area (Å²) in [7, 11) is 0. The molecule has 0 saturated heterocycles. The first-order chi connectivity index (χ1) is 26.3. The number of hydrogen-bond acceptors (Lipinski definition) is 3. The molecule has 0 aliphatic carbocycles. The van der Waals surface area contributed by atoms with E-state index in [9.17, 15) is 0 Å². The van der Waals surface area contributed by atoms with Crippen LogP contribution in [0.5, 0.6) is 0 Å². The number of fused-ring (bicyclic) bond motifs is 5. The highest BCUT2D eigenvalue weighted by atomic mass is 32.1. The standard InChI is InChI=1S/C50H32N2S/c1-4-16-33(17-5-1)37-28-38(44-31-36-22-10-11-24-41(36)49-48(44)43-26-14-15-27-47(43)53-49)30-39(29-37)45-32-46(52-50(51-45)35-20-8-3-9-21-35)42-25-13-12-23-40(42)34-18-6-2-7-19-34/h1-32H. The number of rotatable bonds is 6. The molecular formula is C50H32N2S. The van der Waals surface area contributed by atoms with Gasteiger partial charge in [0.25, 0.3) is 0 Å². The highest BCUT2D eigenvalue weighted by Gasteiger charge is 2.19. The van der Waals surface area contributed by atoms with Gasteiger partial charge in [-0.25, -0.2) is 9.97 Å². The number of aromatic nitrogens is 2. The van der Waals surface area contributed by atoms with Crippen LogP contribution < -0.4 is 0 Å². The van der Waals surface area contributed by atoms with Crippen LogP contribution in [0.1, 0.15) is 0 Å². The van der Waals surface area contributed by atoms with E-state index in [1.807, 2.05) is 29.5 Å². The molecule has 0 bridgehead atoms. The van der Waals surface area contributed by atoms with Crippen molar-refractivity contribution >= 4 is 42.3 Å². The normalized spacial score (nSPS) is 11.4. The van der Waals surface area contributed by atoms with Gasteiger partial charge in [0.15, 0.2) is 5.82 Å². The number of nitrogens with zero attached hydrogens (tertiary/aromatic N) is 2. The Morgan fingerprint density at radius 1 is 0.340 bits per heavy atom. The molecule has 0 spiro atoms. The lowest BCUT2D eigenvalue weighted by Crippen LogP contribution is -1.97. The third-order valence-electron chi connectivity index (χ3n) is 10.1. The number of benzene rings is 8. The van der Waals surface area contributed by atoms with Crippen LogP contribution in [0.25, 0.3) is 98.2 Å². The van der Waals surface area contributed by atoms with E-state index in [0.29, 0.717) is 5.82 Å². The Balaban J connectivity index is 1.26. The number of hydrogen-bond donors (Lipinski definition) is 0. The van der Waals surface area contributed by atoms with E-state index in [4.69, 9.17) is 9.97 Å². The summed E-state index contributed by atoms with van der Waals surface area (Å²) in [5.74, 6) is 0.699. The van der Waals surface area contributed by atoms with Gasteiger partial charge in [0, 0.05) is 36.9 Å². The molecule has 0 fully saturated rings. The molecule has 0 amide bonds. The third kappa shape index (κ3) is 5.68. The molecule has 0 aliphatic rings. The molecule has 53 heavy (non-hydrogen) atoms. The molecule has 10 rings (SSSR count). The van der Waals surface area contributed by atoms with Crippen molar-refractivity contribution in [3.8, 4) is 67.3 Å². The van der Waals surface area contributed by atoms with Crippen molar-refractivity contribution in [1.82, 2.24) is 9.97 Å². The maximum atomic E-state index is 5.31. The first kappa shape index (κ1) is 31.1. The van der Waals surface area contributed by atoms with E-state index in [-0.39, 0.29) is 0 Å². The van der Waals surface area contributed by atoms with Crippen molar-refractivity contribution in [2.75, 3.05) is 0 Å². The van der Waals surface area contributed by atoms with Crippen LogP contribution in [0.2, 0.25) is 0 Å². The van der Waals surface area contributed by atoms with Crippen molar-refractivity contribution in [2.45, 2.75) is 0 Å². The molecule has 0 saturated carbocycles. The molecule has 2 nitrogen and oxygen atoms in total. The van der Waals surface area contributed by atoms with Crippen LogP contribution in [-0.2, 0) is 0 Å². The van der Waals surface area contributed by atoms with Gasteiger partial charge in [-0.15, -0.1) is 11.3 Å². The Hall–Kier alpha value is -6.68. The highest BCUT2D eigenvalue weighted by Crippen LogP contribution is 2.46. The van der Waals surface area contributed by atoms with E-state index in [1.54, 1.807) is 0 Å². The summed E-state index contributed by atoms with van der Waals surface area (Å²) in [6.07, 6.45) is 0. The van der Waals surface area contributed by atoms with Crippen molar-refractivity contribution in [3.63, 3.8) is 0 Å². The van der Waals surface area contributed by atoms with Crippen molar-refractivity contribution in [2.24, 2.45) is 0 Å². The van der Waals surface area contributed by atoms with Crippen LogP contribution in [-0.4, -0.2) is 9.97 Å². The maximum absolute atomic E-state index is 5.31. The summed E-state index contributed by atoms with van der Waals surface area (Å²) in [4.78, 5) is 10.6. The predicted octanol–water partition coefficient (Wildman–Crippen LogP) is 14.0. The second-order valence-electron chi connectivity index (χ2n) is 13.4. The Bertz CT molecular complexity index is 2930. The Morgan fingerprint density at radius 2 is 0.906 bits per heavy atom. The van der Waals surface area contributed by atoms with Crippen molar-refractivity contribution in [1.29, 1.82) is 0 Å². The number of thiophene rings is 1. The molecule has 0 radical (unpaired) electrons. The zero-order valence-corrected chi connectivity index (χ0v) is 29.6. The zero-order valence-electron chi connectivity index (χ0n) is 28.8. The quantitative estimate of drug-likeness (QED) is 0.173.